The molecular formula is C38H62N2. The minimum Gasteiger partial charge on any atom is -0.399 e. The summed E-state index contributed by atoms with van der Waals surface area (Å²) in [4.78, 5) is 0. The smallest absolute Gasteiger partial charge is 0.0340 e. The van der Waals surface area contributed by atoms with Crippen LogP contribution >= 0.6 is 0 Å². The third-order valence-corrected chi connectivity index (χ3v) is 14.1. The zero-order chi connectivity index (χ0) is 29.0. The van der Waals surface area contributed by atoms with E-state index in [1.54, 1.807) is 0 Å². The van der Waals surface area contributed by atoms with Gasteiger partial charge >= 0.3 is 0 Å². The molecule has 0 aromatic heterocycles. The molecule has 4 fully saturated rings. The molecular weight excluding hydrogens is 484 g/mol. The topological polar surface area (TPSA) is 52.0 Å². The lowest BCUT2D eigenvalue weighted by molar-refractivity contribution is -0.164. The predicted octanol–water partition coefficient (Wildman–Crippen LogP) is 10.6. The van der Waals surface area contributed by atoms with Crippen LogP contribution in [0, 0.1) is 63.6 Å². The Balaban J connectivity index is 1.34. The molecule has 224 valence electrons. The lowest BCUT2D eigenvalue weighted by atomic mass is 9.39. The second-order valence-electron chi connectivity index (χ2n) is 16.7. The Kier molecular flexibility index (Phi) is 8.26. The van der Waals surface area contributed by atoms with Crippen LogP contribution in [0.3, 0.4) is 0 Å². The van der Waals surface area contributed by atoms with Gasteiger partial charge in [0.15, 0.2) is 0 Å². The molecule has 4 aliphatic rings. The van der Waals surface area contributed by atoms with Crippen molar-refractivity contribution < 1.29 is 0 Å². The van der Waals surface area contributed by atoms with Crippen molar-refractivity contribution >= 4 is 16.9 Å². The molecule has 0 bridgehead atoms. The van der Waals surface area contributed by atoms with Crippen LogP contribution in [-0.4, -0.2) is 0 Å². The molecule has 0 amide bonds. The van der Waals surface area contributed by atoms with Crippen LogP contribution in [-0.2, 0) is 0 Å². The van der Waals surface area contributed by atoms with Crippen LogP contribution in [0.25, 0.3) is 5.57 Å². The van der Waals surface area contributed by atoms with Crippen LogP contribution in [0.5, 0.6) is 0 Å². The first-order chi connectivity index (χ1) is 18.8. The number of hydrogen-bond donors (Lipinski definition) is 2. The molecule has 0 saturated heterocycles. The molecule has 5 rings (SSSR count). The summed E-state index contributed by atoms with van der Waals surface area (Å²) in [6.07, 6.45) is 16.9. The van der Waals surface area contributed by atoms with E-state index in [2.05, 4.69) is 67.2 Å². The van der Waals surface area contributed by atoms with Crippen molar-refractivity contribution in [2.45, 2.75) is 126 Å². The number of fused-ring (bicyclic) bond motifs is 5. The average molecular weight is 547 g/mol. The summed E-state index contributed by atoms with van der Waals surface area (Å²) in [6.45, 7) is 22.6. The maximum atomic E-state index is 6.19. The van der Waals surface area contributed by atoms with Gasteiger partial charge in [-0.05, 0) is 151 Å². The van der Waals surface area contributed by atoms with E-state index in [4.69, 9.17) is 11.5 Å². The highest BCUT2D eigenvalue weighted by atomic mass is 14.7. The quantitative estimate of drug-likeness (QED) is 0.319. The zero-order valence-corrected chi connectivity index (χ0v) is 27.2. The first-order valence-corrected chi connectivity index (χ1v) is 17.1. The fourth-order valence-electron chi connectivity index (χ4n) is 11.9. The largest absolute Gasteiger partial charge is 0.399 e. The second-order valence-corrected chi connectivity index (χ2v) is 16.7. The molecule has 40 heavy (non-hydrogen) atoms. The van der Waals surface area contributed by atoms with Gasteiger partial charge in [-0.2, -0.15) is 0 Å². The Hall–Kier alpha value is -1.44. The van der Waals surface area contributed by atoms with Crippen molar-refractivity contribution in [3.05, 3.63) is 30.3 Å². The molecule has 0 aliphatic heterocycles. The van der Waals surface area contributed by atoms with E-state index in [-0.39, 0.29) is 5.41 Å². The number of nitrogens with two attached hydrogens (primary N) is 2. The normalized spacial score (nSPS) is 41.7. The Morgan fingerprint density at radius 2 is 1.50 bits per heavy atom. The van der Waals surface area contributed by atoms with Gasteiger partial charge in [-0.1, -0.05) is 74.3 Å². The highest BCUT2D eigenvalue weighted by Gasteiger charge is 2.63. The van der Waals surface area contributed by atoms with Crippen molar-refractivity contribution in [3.63, 3.8) is 0 Å². The number of anilines is 2. The molecule has 4 saturated carbocycles. The summed E-state index contributed by atoms with van der Waals surface area (Å²) in [5.74, 6) is 6.98. The third-order valence-electron chi connectivity index (χ3n) is 14.1. The summed E-state index contributed by atoms with van der Waals surface area (Å²) in [5, 5.41) is 0. The van der Waals surface area contributed by atoms with E-state index in [0.29, 0.717) is 16.7 Å². The SMILES string of the molecule is C=C(CC1(C)C(C)CCC2(C)C3CCC4(C)C(C(C)CCCC(C)C)CCC4C3CCC12)c1cc(N)cc(N)c1. The van der Waals surface area contributed by atoms with E-state index >= 15 is 0 Å². The fraction of sp³-hybridized carbons (Fsp3) is 0.789. The Morgan fingerprint density at radius 3 is 2.17 bits per heavy atom. The van der Waals surface area contributed by atoms with Gasteiger partial charge in [0.1, 0.15) is 0 Å². The standard InChI is InChI=1S/C38H62N2/c1-24(2)10-9-11-25(3)32-13-14-33-31-12-15-35-37(7,34(31)17-19-36(32,33)6)18-16-27(5)38(35,8)23-26(4)28-20-29(39)22-30(40)21-28/h20-22,24-25,27,31-35H,4,9-19,23,39-40H2,1-3,5-8H3. The molecule has 4 N–H and O–H groups in total. The van der Waals surface area contributed by atoms with Crippen molar-refractivity contribution in [2.24, 2.45) is 63.6 Å². The maximum Gasteiger partial charge on any atom is 0.0340 e. The number of allylic oxidation sites excluding steroid dienone is 1. The van der Waals surface area contributed by atoms with Crippen LogP contribution in [0.4, 0.5) is 11.4 Å². The average Bonchev–Trinajstić information content (AvgIpc) is 3.23. The highest BCUT2D eigenvalue weighted by molar-refractivity contribution is 5.71. The summed E-state index contributed by atoms with van der Waals surface area (Å²) < 4.78 is 0. The molecule has 0 spiro atoms. The van der Waals surface area contributed by atoms with Crippen LogP contribution in [0.15, 0.2) is 24.8 Å². The fourth-order valence-corrected chi connectivity index (χ4v) is 11.9. The van der Waals surface area contributed by atoms with Crippen LogP contribution < -0.4 is 11.5 Å². The van der Waals surface area contributed by atoms with Gasteiger partial charge < -0.3 is 11.5 Å². The molecule has 0 heterocycles. The highest BCUT2D eigenvalue weighted by Crippen LogP contribution is 2.71. The molecule has 4 aliphatic carbocycles. The Bertz CT molecular complexity index is 1050. The second kappa shape index (κ2) is 11.0. The molecule has 0 radical (unpaired) electrons. The summed E-state index contributed by atoms with van der Waals surface area (Å²) in [5.41, 5.74) is 17.5. The molecule has 1 aromatic carbocycles. The summed E-state index contributed by atoms with van der Waals surface area (Å²) >= 11 is 0. The Morgan fingerprint density at radius 1 is 0.850 bits per heavy atom. The van der Waals surface area contributed by atoms with Gasteiger partial charge in [0, 0.05) is 11.4 Å². The van der Waals surface area contributed by atoms with E-state index < -0.39 is 0 Å². The van der Waals surface area contributed by atoms with E-state index in [1.807, 2.05) is 6.07 Å². The van der Waals surface area contributed by atoms with Crippen molar-refractivity contribution in [3.8, 4) is 0 Å². The minimum atomic E-state index is 0.276. The minimum absolute atomic E-state index is 0.276. The maximum absolute atomic E-state index is 6.19. The lowest BCUT2D eigenvalue weighted by Crippen LogP contribution is -2.58. The Labute approximate surface area is 247 Å². The van der Waals surface area contributed by atoms with E-state index in [1.165, 1.54) is 76.2 Å². The van der Waals surface area contributed by atoms with Crippen molar-refractivity contribution in [1.82, 2.24) is 0 Å². The van der Waals surface area contributed by atoms with Gasteiger partial charge in [-0.15, -0.1) is 0 Å². The molecule has 2 nitrogen and oxygen atoms in total. The first-order valence-electron chi connectivity index (χ1n) is 17.1. The monoisotopic (exact) mass is 546 g/mol. The third kappa shape index (κ3) is 5.06. The summed E-state index contributed by atoms with van der Waals surface area (Å²) in [6, 6.07) is 6.01. The lowest BCUT2D eigenvalue weighted by Gasteiger charge is -2.66. The number of benzene rings is 1. The van der Waals surface area contributed by atoms with Crippen LogP contribution in [0.1, 0.15) is 131 Å². The van der Waals surface area contributed by atoms with Gasteiger partial charge in [0.25, 0.3) is 0 Å². The number of nitrogen functional groups attached to an aromatic ring is 2. The number of rotatable bonds is 8. The molecule has 10 atom stereocenters. The summed E-state index contributed by atoms with van der Waals surface area (Å²) in [7, 11) is 0. The van der Waals surface area contributed by atoms with Crippen molar-refractivity contribution in [1.29, 1.82) is 0 Å². The van der Waals surface area contributed by atoms with Gasteiger partial charge in [0.2, 0.25) is 0 Å². The first kappa shape index (κ1) is 30.0. The van der Waals surface area contributed by atoms with Crippen LogP contribution in [0.2, 0.25) is 0 Å². The van der Waals surface area contributed by atoms with Gasteiger partial charge in [-0.25, -0.2) is 0 Å². The van der Waals surface area contributed by atoms with Gasteiger partial charge in [-0.3, -0.25) is 0 Å². The van der Waals surface area contributed by atoms with E-state index in [9.17, 15) is 0 Å². The predicted molar refractivity (Wildman–Crippen MR) is 175 cm³/mol. The van der Waals surface area contributed by atoms with Gasteiger partial charge in [0.05, 0.1) is 0 Å². The molecule has 1 aromatic rings. The molecule has 10 unspecified atom stereocenters. The zero-order valence-electron chi connectivity index (χ0n) is 27.2. The van der Waals surface area contributed by atoms with Crippen molar-refractivity contribution in [2.75, 3.05) is 11.5 Å². The van der Waals surface area contributed by atoms with E-state index in [0.717, 1.165) is 64.8 Å². The molecule has 2 heteroatoms. The number of hydrogen-bond acceptors (Lipinski definition) is 2.